The SMILES string of the molecule is COC(=O)COc1ccc(NC(=O)CCCCCOCc2ccccc2)cc1. The van der Waals surface area contributed by atoms with Crippen LogP contribution in [0.15, 0.2) is 54.6 Å². The molecular weight excluding hydrogens is 358 g/mol. The number of methoxy groups -OCH3 is 1. The lowest BCUT2D eigenvalue weighted by Gasteiger charge is -2.08. The number of anilines is 1. The van der Waals surface area contributed by atoms with Crippen molar-refractivity contribution in [2.24, 2.45) is 0 Å². The van der Waals surface area contributed by atoms with Crippen LogP contribution in [0.2, 0.25) is 0 Å². The number of benzene rings is 2. The molecule has 0 bridgehead atoms. The summed E-state index contributed by atoms with van der Waals surface area (Å²) in [5.74, 6) is 0.0789. The molecule has 0 fully saturated rings. The van der Waals surface area contributed by atoms with E-state index < -0.39 is 5.97 Å². The molecule has 1 N–H and O–H groups in total. The third-order valence-corrected chi connectivity index (χ3v) is 4.03. The first-order valence-electron chi connectivity index (χ1n) is 9.38. The first kappa shape index (κ1) is 21.4. The Balaban J connectivity index is 1.54. The van der Waals surface area contributed by atoms with Crippen molar-refractivity contribution < 1.29 is 23.8 Å². The van der Waals surface area contributed by atoms with Crippen LogP contribution in [0.5, 0.6) is 5.75 Å². The maximum Gasteiger partial charge on any atom is 0.343 e. The van der Waals surface area contributed by atoms with E-state index >= 15 is 0 Å². The van der Waals surface area contributed by atoms with Gasteiger partial charge in [-0.15, -0.1) is 0 Å². The summed E-state index contributed by atoms with van der Waals surface area (Å²) in [4.78, 5) is 23.0. The van der Waals surface area contributed by atoms with Crippen molar-refractivity contribution in [3.05, 3.63) is 60.2 Å². The molecule has 0 spiro atoms. The molecule has 28 heavy (non-hydrogen) atoms. The Morgan fingerprint density at radius 2 is 1.68 bits per heavy atom. The van der Waals surface area contributed by atoms with E-state index in [9.17, 15) is 9.59 Å². The second kappa shape index (κ2) is 12.5. The van der Waals surface area contributed by atoms with Crippen LogP contribution in [-0.2, 0) is 25.7 Å². The zero-order chi connectivity index (χ0) is 20.0. The van der Waals surface area contributed by atoms with Gasteiger partial charge < -0.3 is 19.5 Å². The van der Waals surface area contributed by atoms with Crippen LogP contribution in [0.25, 0.3) is 0 Å². The molecule has 150 valence electrons. The topological polar surface area (TPSA) is 73.9 Å². The lowest BCUT2D eigenvalue weighted by molar-refractivity contribution is -0.142. The third-order valence-electron chi connectivity index (χ3n) is 4.03. The van der Waals surface area contributed by atoms with Crippen molar-refractivity contribution in [1.29, 1.82) is 0 Å². The fraction of sp³-hybridized carbons (Fsp3) is 0.364. The molecule has 0 aromatic heterocycles. The Morgan fingerprint density at radius 3 is 2.39 bits per heavy atom. The molecule has 0 saturated carbocycles. The number of unbranched alkanes of at least 4 members (excludes halogenated alkanes) is 2. The average molecular weight is 385 g/mol. The molecule has 0 heterocycles. The van der Waals surface area contributed by atoms with Gasteiger partial charge in [-0.25, -0.2) is 4.79 Å². The van der Waals surface area contributed by atoms with Gasteiger partial charge in [0.2, 0.25) is 5.91 Å². The first-order chi connectivity index (χ1) is 13.7. The fourth-order valence-electron chi connectivity index (χ4n) is 2.49. The normalized spacial score (nSPS) is 10.3. The highest BCUT2D eigenvalue weighted by molar-refractivity contribution is 5.90. The summed E-state index contributed by atoms with van der Waals surface area (Å²) < 4.78 is 15.4. The van der Waals surface area contributed by atoms with Gasteiger partial charge in [-0.1, -0.05) is 36.8 Å². The van der Waals surface area contributed by atoms with Crippen LogP contribution >= 0.6 is 0 Å². The summed E-state index contributed by atoms with van der Waals surface area (Å²) in [7, 11) is 1.31. The van der Waals surface area contributed by atoms with Crippen molar-refractivity contribution >= 4 is 17.6 Å². The number of hydrogen-bond acceptors (Lipinski definition) is 5. The molecular formula is C22H27NO5. The Labute approximate surface area is 165 Å². The Morgan fingerprint density at radius 1 is 0.929 bits per heavy atom. The molecule has 0 saturated heterocycles. The van der Waals surface area contributed by atoms with Gasteiger partial charge in [0.15, 0.2) is 6.61 Å². The van der Waals surface area contributed by atoms with Crippen LogP contribution < -0.4 is 10.1 Å². The van der Waals surface area contributed by atoms with Crippen molar-refractivity contribution in [2.75, 3.05) is 25.6 Å². The van der Waals surface area contributed by atoms with Crippen molar-refractivity contribution in [3.8, 4) is 5.75 Å². The molecule has 1 amide bonds. The third kappa shape index (κ3) is 8.68. The molecule has 6 heteroatoms. The van der Waals surface area contributed by atoms with Crippen molar-refractivity contribution in [2.45, 2.75) is 32.3 Å². The molecule has 0 aliphatic rings. The van der Waals surface area contributed by atoms with E-state index in [1.54, 1.807) is 24.3 Å². The van der Waals surface area contributed by atoms with Crippen LogP contribution in [0.1, 0.15) is 31.2 Å². The number of carbonyl (C=O) groups is 2. The lowest BCUT2D eigenvalue weighted by atomic mass is 10.2. The average Bonchev–Trinajstić information content (AvgIpc) is 2.73. The predicted molar refractivity (Wildman–Crippen MR) is 107 cm³/mol. The van der Waals surface area contributed by atoms with Crippen LogP contribution in [0.3, 0.4) is 0 Å². The minimum absolute atomic E-state index is 0.0200. The fourth-order valence-corrected chi connectivity index (χ4v) is 2.49. The highest BCUT2D eigenvalue weighted by Gasteiger charge is 2.04. The van der Waals surface area contributed by atoms with Crippen LogP contribution in [0.4, 0.5) is 5.69 Å². The van der Waals surface area contributed by atoms with Crippen molar-refractivity contribution in [1.82, 2.24) is 0 Å². The quantitative estimate of drug-likeness (QED) is 0.442. The summed E-state index contributed by atoms with van der Waals surface area (Å²) in [5.41, 5.74) is 1.87. The minimum atomic E-state index is -0.442. The monoisotopic (exact) mass is 385 g/mol. The molecule has 0 atom stereocenters. The number of hydrogen-bond donors (Lipinski definition) is 1. The number of ether oxygens (including phenoxy) is 3. The number of amides is 1. The van der Waals surface area contributed by atoms with E-state index in [-0.39, 0.29) is 12.5 Å². The van der Waals surface area contributed by atoms with Gasteiger partial charge in [0.1, 0.15) is 5.75 Å². The second-order valence-corrected chi connectivity index (χ2v) is 6.29. The summed E-state index contributed by atoms with van der Waals surface area (Å²) in [6, 6.07) is 16.9. The molecule has 0 aliphatic carbocycles. The molecule has 2 rings (SSSR count). The van der Waals surface area contributed by atoms with E-state index in [1.165, 1.54) is 12.7 Å². The van der Waals surface area contributed by atoms with E-state index in [0.29, 0.717) is 31.1 Å². The van der Waals surface area contributed by atoms with Gasteiger partial charge >= 0.3 is 5.97 Å². The first-order valence-corrected chi connectivity index (χ1v) is 9.38. The number of rotatable bonds is 12. The van der Waals surface area contributed by atoms with Crippen LogP contribution in [-0.4, -0.2) is 32.2 Å². The Bertz CT molecular complexity index is 715. The van der Waals surface area contributed by atoms with E-state index in [2.05, 4.69) is 10.1 Å². The summed E-state index contributed by atoms with van der Waals surface area (Å²) in [6.07, 6.45) is 3.18. The van der Waals surface area contributed by atoms with Gasteiger partial charge in [0.05, 0.1) is 13.7 Å². The molecule has 0 unspecified atom stereocenters. The predicted octanol–water partition coefficient (Wildman–Crippen LogP) is 3.95. The van der Waals surface area contributed by atoms with E-state index in [1.807, 2.05) is 30.3 Å². The maximum absolute atomic E-state index is 12.0. The largest absolute Gasteiger partial charge is 0.482 e. The molecule has 2 aromatic rings. The smallest absolute Gasteiger partial charge is 0.343 e. The van der Waals surface area contributed by atoms with Gasteiger partial charge in [0, 0.05) is 18.7 Å². The number of carbonyl (C=O) groups excluding carboxylic acids is 2. The van der Waals surface area contributed by atoms with Gasteiger partial charge in [-0.2, -0.15) is 0 Å². The number of nitrogens with one attached hydrogen (secondary N) is 1. The maximum atomic E-state index is 12.0. The van der Waals surface area contributed by atoms with E-state index in [4.69, 9.17) is 9.47 Å². The summed E-state index contributed by atoms with van der Waals surface area (Å²) >= 11 is 0. The lowest BCUT2D eigenvalue weighted by Crippen LogP contribution is -2.13. The Hall–Kier alpha value is -2.86. The molecule has 0 radical (unpaired) electrons. The zero-order valence-corrected chi connectivity index (χ0v) is 16.2. The van der Waals surface area contributed by atoms with Gasteiger partial charge in [-0.05, 0) is 42.7 Å². The zero-order valence-electron chi connectivity index (χ0n) is 16.2. The summed E-state index contributed by atoms with van der Waals surface area (Å²) in [5, 5.41) is 2.85. The minimum Gasteiger partial charge on any atom is -0.482 e. The van der Waals surface area contributed by atoms with Gasteiger partial charge in [-0.3, -0.25) is 4.79 Å². The summed E-state index contributed by atoms with van der Waals surface area (Å²) in [6.45, 7) is 1.18. The second-order valence-electron chi connectivity index (χ2n) is 6.29. The molecule has 0 aliphatic heterocycles. The highest BCUT2D eigenvalue weighted by atomic mass is 16.6. The highest BCUT2D eigenvalue weighted by Crippen LogP contribution is 2.16. The molecule has 6 nitrogen and oxygen atoms in total. The van der Waals surface area contributed by atoms with E-state index in [0.717, 1.165) is 19.3 Å². The number of esters is 1. The standard InChI is InChI=1S/C22H27NO5/c1-26-22(25)17-28-20-13-11-19(12-14-20)23-21(24)10-6-3-7-15-27-16-18-8-4-2-5-9-18/h2,4-5,8-9,11-14H,3,6-7,10,15-17H2,1H3,(H,23,24). The Kier molecular flexibility index (Phi) is 9.58. The van der Waals surface area contributed by atoms with Gasteiger partial charge in [0.25, 0.3) is 0 Å². The molecule has 2 aromatic carbocycles. The van der Waals surface area contributed by atoms with Crippen LogP contribution in [0, 0.1) is 0 Å². The van der Waals surface area contributed by atoms with Crippen molar-refractivity contribution in [3.63, 3.8) is 0 Å².